The van der Waals surface area contributed by atoms with E-state index in [1.165, 1.54) is 12.1 Å². The lowest BCUT2D eigenvalue weighted by Gasteiger charge is -2.25. The van der Waals surface area contributed by atoms with E-state index < -0.39 is 27.4 Å². The van der Waals surface area contributed by atoms with E-state index >= 15 is 0 Å². The lowest BCUT2D eigenvalue weighted by molar-refractivity contribution is 0.236. The standard InChI is InChI=1S/C12H15FN2O3S/c1-9(2)15(6-7-16)19(17,18)12-5-3-4-11(13)10(12)8-14/h3-5,9,16H,6-7H2,1-2H3. The van der Waals surface area contributed by atoms with Crippen LogP contribution in [0.5, 0.6) is 0 Å². The van der Waals surface area contributed by atoms with Gasteiger partial charge in [0.15, 0.2) is 0 Å². The molecule has 0 aliphatic carbocycles. The maximum atomic E-state index is 13.5. The third-order valence-electron chi connectivity index (χ3n) is 2.57. The van der Waals surface area contributed by atoms with Crippen LogP contribution in [-0.2, 0) is 10.0 Å². The molecule has 0 bridgehead atoms. The van der Waals surface area contributed by atoms with Crippen LogP contribution in [0, 0.1) is 17.1 Å². The topological polar surface area (TPSA) is 81.4 Å². The smallest absolute Gasteiger partial charge is 0.244 e. The van der Waals surface area contributed by atoms with Crippen LogP contribution in [0.15, 0.2) is 23.1 Å². The number of aliphatic hydroxyl groups is 1. The van der Waals surface area contributed by atoms with E-state index in [2.05, 4.69) is 0 Å². The van der Waals surface area contributed by atoms with E-state index in [1.807, 2.05) is 0 Å². The number of hydrogen-bond acceptors (Lipinski definition) is 4. The number of benzene rings is 1. The lowest BCUT2D eigenvalue weighted by atomic mass is 10.2. The number of sulfonamides is 1. The van der Waals surface area contributed by atoms with Gasteiger partial charge in [-0.1, -0.05) is 6.07 Å². The third kappa shape index (κ3) is 3.10. The first kappa shape index (κ1) is 15.6. The summed E-state index contributed by atoms with van der Waals surface area (Å²) in [5, 5.41) is 17.8. The van der Waals surface area contributed by atoms with Gasteiger partial charge in [0, 0.05) is 12.6 Å². The molecular weight excluding hydrogens is 271 g/mol. The second-order valence-electron chi connectivity index (χ2n) is 4.16. The Kier molecular flexibility index (Phi) is 5.00. The first-order valence-corrected chi connectivity index (χ1v) is 7.11. The summed E-state index contributed by atoms with van der Waals surface area (Å²) in [6.07, 6.45) is 0. The molecule has 1 N–H and O–H groups in total. The fraction of sp³-hybridized carbons (Fsp3) is 0.417. The van der Waals surface area contributed by atoms with Gasteiger partial charge in [-0.2, -0.15) is 9.57 Å². The maximum absolute atomic E-state index is 13.5. The van der Waals surface area contributed by atoms with Crippen molar-refractivity contribution in [2.24, 2.45) is 0 Å². The average molecular weight is 286 g/mol. The Morgan fingerprint density at radius 2 is 2.11 bits per heavy atom. The lowest BCUT2D eigenvalue weighted by Crippen LogP contribution is -2.39. The summed E-state index contributed by atoms with van der Waals surface area (Å²) in [7, 11) is -4.02. The summed E-state index contributed by atoms with van der Waals surface area (Å²) in [6, 6.07) is 4.60. The number of aliphatic hydroxyl groups excluding tert-OH is 1. The average Bonchev–Trinajstić information content (AvgIpc) is 2.34. The van der Waals surface area contributed by atoms with Crippen LogP contribution in [0.3, 0.4) is 0 Å². The number of halogens is 1. The van der Waals surface area contributed by atoms with Crippen molar-refractivity contribution in [2.75, 3.05) is 13.2 Å². The number of hydrogen-bond donors (Lipinski definition) is 1. The predicted octanol–water partition coefficient (Wildman–Crippen LogP) is 1.09. The van der Waals surface area contributed by atoms with Crippen molar-refractivity contribution in [1.82, 2.24) is 4.31 Å². The second-order valence-corrected chi connectivity index (χ2v) is 6.02. The zero-order valence-corrected chi connectivity index (χ0v) is 11.5. The molecule has 0 radical (unpaired) electrons. The zero-order valence-electron chi connectivity index (χ0n) is 10.7. The summed E-state index contributed by atoms with van der Waals surface area (Å²) in [5.74, 6) is -0.878. The second kappa shape index (κ2) is 6.10. The largest absolute Gasteiger partial charge is 0.395 e. The molecule has 0 aliphatic heterocycles. The maximum Gasteiger partial charge on any atom is 0.244 e. The minimum absolute atomic E-state index is 0.110. The minimum atomic E-state index is -4.02. The van der Waals surface area contributed by atoms with Gasteiger partial charge in [-0.15, -0.1) is 0 Å². The van der Waals surface area contributed by atoms with Crippen LogP contribution in [0.25, 0.3) is 0 Å². The SMILES string of the molecule is CC(C)N(CCO)S(=O)(=O)c1cccc(F)c1C#N. The van der Waals surface area contributed by atoms with E-state index in [-0.39, 0.29) is 18.0 Å². The Hall–Kier alpha value is -1.49. The van der Waals surface area contributed by atoms with Crippen molar-refractivity contribution in [3.05, 3.63) is 29.6 Å². The first-order valence-electron chi connectivity index (χ1n) is 5.67. The Labute approximate surface area is 111 Å². The van der Waals surface area contributed by atoms with Crippen LogP contribution in [0.2, 0.25) is 0 Å². The van der Waals surface area contributed by atoms with E-state index in [9.17, 15) is 12.8 Å². The van der Waals surface area contributed by atoms with Gasteiger partial charge < -0.3 is 5.11 Å². The highest BCUT2D eigenvalue weighted by Crippen LogP contribution is 2.23. The quantitative estimate of drug-likeness (QED) is 0.878. The number of nitrogens with zero attached hydrogens (tertiary/aromatic N) is 2. The normalized spacial score (nSPS) is 11.8. The molecule has 1 aromatic carbocycles. The van der Waals surface area contributed by atoms with Crippen molar-refractivity contribution < 1.29 is 17.9 Å². The molecule has 0 saturated carbocycles. The highest BCUT2D eigenvalue weighted by molar-refractivity contribution is 7.89. The van der Waals surface area contributed by atoms with Crippen molar-refractivity contribution >= 4 is 10.0 Å². The Balaban J connectivity index is 3.43. The summed E-state index contributed by atoms with van der Waals surface area (Å²) < 4.78 is 39.3. The molecule has 104 valence electrons. The first-order chi connectivity index (χ1) is 8.86. The van der Waals surface area contributed by atoms with Gasteiger partial charge in [0.2, 0.25) is 10.0 Å². The molecule has 7 heteroatoms. The zero-order chi connectivity index (χ0) is 14.6. The molecule has 19 heavy (non-hydrogen) atoms. The molecule has 0 spiro atoms. The van der Waals surface area contributed by atoms with Gasteiger partial charge >= 0.3 is 0 Å². The summed E-state index contributed by atoms with van der Waals surface area (Å²) in [6.45, 7) is 2.81. The van der Waals surface area contributed by atoms with Crippen LogP contribution >= 0.6 is 0 Å². The van der Waals surface area contributed by atoms with Crippen LogP contribution in [0.4, 0.5) is 4.39 Å². The third-order valence-corrected chi connectivity index (χ3v) is 4.69. The van der Waals surface area contributed by atoms with Gasteiger partial charge in [0.25, 0.3) is 0 Å². The van der Waals surface area contributed by atoms with Gasteiger partial charge in [-0.05, 0) is 26.0 Å². The van der Waals surface area contributed by atoms with E-state index in [0.717, 1.165) is 10.4 Å². The molecule has 0 fully saturated rings. The number of nitriles is 1. The molecule has 0 aliphatic rings. The summed E-state index contributed by atoms with van der Waals surface area (Å²) in [5.41, 5.74) is -0.508. The molecule has 0 amide bonds. The van der Waals surface area contributed by atoms with Crippen molar-refractivity contribution in [3.8, 4) is 6.07 Å². The fourth-order valence-electron chi connectivity index (χ4n) is 1.71. The van der Waals surface area contributed by atoms with E-state index in [1.54, 1.807) is 19.9 Å². The highest BCUT2D eigenvalue weighted by Gasteiger charge is 2.29. The van der Waals surface area contributed by atoms with Crippen LogP contribution in [0.1, 0.15) is 19.4 Å². The Bertz CT molecular complexity index is 593. The number of rotatable bonds is 5. The van der Waals surface area contributed by atoms with E-state index in [0.29, 0.717) is 0 Å². The molecule has 0 atom stereocenters. The molecule has 1 rings (SSSR count). The molecule has 0 heterocycles. The molecule has 0 saturated heterocycles. The predicted molar refractivity (Wildman–Crippen MR) is 67.2 cm³/mol. The fourth-order valence-corrected chi connectivity index (χ4v) is 3.49. The van der Waals surface area contributed by atoms with Crippen LogP contribution < -0.4 is 0 Å². The van der Waals surface area contributed by atoms with Crippen molar-refractivity contribution in [2.45, 2.75) is 24.8 Å². The monoisotopic (exact) mass is 286 g/mol. The van der Waals surface area contributed by atoms with Gasteiger partial charge in [-0.25, -0.2) is 12.8 Å². The van der Waals surface area contributed by atoms with Crippen molar-refractivity contribution in [1.29, 1.82) is 5.26 Å². The Morgan fingerprint density at radius 3 is 2.58 bits per heavy atom. The van der Waals surface area contributed by atoms with Gasteiger partial charge in [0.05, 0.1) is 6.61 Å². The molecule has 0 aromatic heterocycles. The molecule has 5 nitrogen and oxygen atoms in total. The summed E-state index contributed by atoms with van der Waals surface area (Å²) in [4.78, 5) is -0.378. The summed E-state index contributed by atoms with van der Waals surface area (Å²) >= 11 is 0. The van der Waals surface area contributed by atoms with Crippen LogP contribution in [-0.4, -0.2) is 37.0 Å². The van der Waals surface area contributed by atoms with Crippen molar-refractivity contribution in [3.63, 3.8) is 0 Å². The Morgan fingerprint density at radius 1 is 1.47 bits per heavy atom. The molecule has 1 aromatic rings. The minimum Gasteiger partial charge on any atom is -0.395 e. The van der Waals surface area contributed by atoms with Gasteiger partial charge in [-0.3, -0.25) is 0 Å². The highest BCUT2D eigenvalue weighted by atomic mass is 32.2. The van der Waals surface area contributed by atoms with E-state index in [4.69, 9.17) is 10.4 Å². The molecular formula is C12H15FN2O3S. The molecule has 0 unspecified atom stereocenters. The van der Waals surface area contributed by atoms with Gasteiger partial charge in [0.1, 0.15) is 22.3 Å².